The minimum absolute atomic E-state index is 0.0681. The molecule has 1 aliphatic heterocycles. The highest BCUT2D eigenvalue weighted by atomic mass is 16.5. The number of amides is 1. The Balaban J connectivity index is 1.38. The molecule has 0 saturated carbocycles. The Morgan fingerprint density at radius 1 is 0.941 bits per heavy atom. The van der Waals surface area contributed by atoms with Gasteiger partial charge in [0.15, 0.2) is 24.7 Å². The smallest absolute Gasteiger partial charge is 0.338 e. The second-order valence-electron chi connectivity index (χ2n) is 8.07. The van der Waals surface area contributed by atoms with Gasteiger partial charge in [-0.15, -0.1) is 0 Å². The molecule has 1 amide bonds. The number of piperidine rings is 1. The van der Waals surface area contributed by atoms with Gasteiger partial charge in [-0.3, -0.25) is 9.59 Å². The summed E-state index contributed by atoms with van der Waals surface area (Å²) in [4.78, 5) is 42.4. The van der Waals surface area contributed by atoms with E-state index in [0.717, 1.165) is 43.3 Å². The lowest BCUT2D eigenvalue weighted by atomic mass is 10.1. The first-order valence-corrected chi connectivity index (χ1v) is 11.5. The van der Waals surface area contributed by atoms with E-state index in [9.17, 15) is 14.4 Å². The number of benzene rings is 2. The number of carbonyl (C=O) groups is 3. The SMILES string of the molecule is CCOc1cc(C(=O)OCC(=O)c2c[nH]c3ccccc23)ccc1OCC(=O)N1CCCCC1. The minimum Gasteiger partial charge on any atom is -0.490 e. The Bertz CT molecular complexity index is 1180. The number of likely N-dealkylation sites (tertiary alicyclic amines) is 1. The predicted molar refractivity (Wildman–Crippen MR) is 126 cm³/mol. The molecule has 1 fully saturated rings. The Morgan fingerprint density at radius 2 is 1.74 bits per heavy atom. The van der Waals surface area contributed by atoms with Crippen molar-refractivity contribution < 1.29 is 28.6 Å². The normalized spacial score (nSPS) is 13.5. The van der Waals surface area contributed by atoms with Crippen molar-refractivity contribution in [2.24, 2.45) is 0 Å². The van der Waals surface area contributed by atoms with Crippen molar-refractivity contribution in [2.45, 2.75) is 26.2 Å². The molecule has 2 aromatic carbocycles. The second kappa shape index (κ2) is 10.9. The Hall–Kier alpha value is -3.81. The number of ether oxygens (including phenoxy) is 3. The average Bonchev–Trinajstić information content (AvgIpc) is 3.31. The van der Waals surface area contributed by atoms with E-state index in [1.807, 2.05) is 31.2 Å². The lowest BCUT2D eigenvalue weighted by molar-refractivity contribution is -0.134. The molecule has 34 heavy (non-hydrogen) atoms. The van der Waals surface area contributed by atoms with Gasteiger partial charge in [-0.25, -0.2) is 4.79 Å². The number of hydrogen-bond acceptors (Lipinski definition) is 6. The Labute approximate surface area is 197 Å². The molecular formula is C26H28N2O6. The van der Waals surface area contributed by atoms with E-state index >= 15 is 0 Å². The number of para-hydroxylation sites is 1. The highest BCUT2D eigenvalue weighted by molar-refractivity contribution is 6.09. The first kappa shape index (κ1) is 23.4. The number of fused-ring (bicyclic) bond motifs is 1. The summed E-state index contributed by atoms with van der Waals surface area (Å²) < 4.78 is 16.6. The number of aromatic amines is 1. The number of nitrogens with one attached hydrogen (secondary N) is 1. The van der Waals surface area contributed by atoms with Crippen LogP contribution in [0.3, 0.4) is 0 Å². The van der Waals surface area contributed by atoms with Crippen molar-refractivity contribution in [1.82, 2.24) is 9.88 Å². The zero-order valence-electron chi connectivity index (χ0n) is 19.2. The van der Waals surface area contributed by atoms with E-state index in [0.29, 0.717) is 23.7 Å². The number of rotatable bonds is 9. The van der Waals surface area contributed by atoms with Gasteiger partial charge in [0.25, 0.3) is 5.91 Å². The van der Waals surface area contributed by atoms with Crippen LogP contribution in [0.1, 0.15) is 46.9 Å². The van der Waals surface area contributed by atoms with E-state index in [4.69, 9.17) is 14.2 Å². The monoisotopic (exact) mass is 464 g/mol. The largest absolute Gasteiger partial charge is 0.490 e. The molecule has 0 unspecified atom stereocenters. The first-order valence-electron chi connectivity index (χ1n) is 11.5. The Kier molecular flexibility index (Phi) is 7.47. The molecule has 8 nitrogen and oxygen atoms in total. The summed E-state index contributed by atoms with van der Waals surface area (Å²) in [6.45, 7) is 3.20. The maximum absolute atomic E-state index is 12.6. The van der Waals surface area contributed by atoms with Gasteiger partial charge in [0, 0.05) is 35.8 Å². The number of aromatic nitrogens is 1. The van der Waals surface area contributed by atoms with E-state index in [1.54, 1.807) is 17.2 Å². The van der Waals surface area contributed by atoms with Gasteiger partial charge in [0.2, 0.25) is 5.78 Å². The van der Waals surface area contributed by atoms with Crippen LogP contribution in [0.4, 0.5) is 0 Å². The third kappa shape index (κ3) is 5.39. The lowest BCUT2D eigenvalue weighted by Gasteiger charge is -2.26. The fourth-order valence-electron chi connectivity index (χ4n) is 3.99. The first-order chi connectivity index (χ1) is 16.6. The molecule has 178 valence electrons. The fraction of sp³-hybridized carbons (Fsp3) is 0.346. The number of Topliss-reactive ketones (excluding diaryl/α,β-unsaturated/α-hetero) is 1. The Morgan fingerprint density at radius 3 is 2.53 bits per heavy atom. The van der Waals surface area contributed by atoms with Gasteiger partial charge < -0.3 is 24.1 Å². The van der Waals surface area contributed by atoms with Crippen LogP contribution in [0.25, 0.3) is 10.9 Å². The number of carbonyl (C=O) groups excluding carboxylic acids is 3. The summed E-state index contributed by atoms with van der Waals surface area (Å²) in [6, 6.07) is 12.0. The fourth-order valence-corrected chi connectivity index (χ4v) is 3.99. The lowest BCUT2D eigenvalue weighted by Crippen LogP contribution is -2.38. The molecule has 0 aliphatic carbocycles. The molecular weight excluding hydrogens is 436 g/mol. The highest BCUT2D eigenvalue weighted by Crippen LogP contribution is 2.29. The molecule has 3 aromatic rings. The van der Waals surface area contributed by atoms with Crippen LogP contribution in [0, 0.1) is 0 Å². The summed E-state index contributed by atoms with van der Waals surface area (Å²) in [6.07, 6.45) is 4.78. The van der Waals surface area contributed by atoms with Crippen LogP contribution in [-0.4, -0.2) is 60.5 Å². The topological polar surface area (TPSA) is 97.9 Å². The molecule has 0 bridgehead atoms. The van der Waals surface area contributed by atoms with E-state index < -0.39 is 5.97 Å². The van der Waals surface area contributed by atoms with Gasteiger partial charge in [-0.2, -0.15) is 0 Å². The second-order valence-corrected chi connectivity index (χ2v) is 8.07. The maximum Gasteiger partial charge on any atom is 0.338 e. The van der Waals surface area contributed by atoms with Crippen LogP contribution in [-0.2, 0) is 9.53 Å². The third-order valence-electron chi connectivity index (χ3n) is 5.76. The van der Waals surface area contributed by atoms with Crippen molar-refractivity contribution in [3.05, 3.63) is 59.8 Å². The summed E-state index contributed by atoms with van der Waals surface area (Å²) in [5, 5.41) is 0.780. The maximum atomic E-state index is 12.6. The molecule has 1 saturated heterocycles. The van der Waals surface area contributed by atoms with Crippen LogP contribution < -0.4 is 9.47 Å². The molecule has 1 aromatic heterocycles. The van der Waals surface area contributed by atoms with E-state index in [1.165, 1.54) is 12.1 Å². The van der Waals surface area contributed by atoms with Gasteiger partial charge in [-0.1, -0.05) is 18.2 Å². The number of hydrogen-bond donors (Lipinski definition) is 1. The van der Waals surface area contributed by atoms with Crippen molar-refractivity contribution in [2.75, 3.05) is 32.9 Å². The van der Waals surface area contributed by atoms with E-state index in [2.05, 4.69) is 4.98 Å². The summed E-state index contributed by atoms with van der Waals surface area (Å²) >= 11 is 0. The van der Waals surface area contributed by atoms with Gasteiger partial charge in [0.1, 0.15) is 0 Å². The summed E-state index contributed by atoms with van der Waals surface area (Å²) in [5.74, 6) is -0.302. The number of H-pyrrole nitrogens is 1. The van der Waals surface area contributed by atoms with Crippen LogP contribution in [0.2, 0.25) is 0 Å². The summed E-state index contributed by atoms with van der Waals surface area (Å²) in [5.41, 5.74) is 1.54. The molecule has 0 radical (unpaired) electrons. The van der Waals surface area contributed by atoms with Crippen molar-refractivity contribution in [3.63, 3.8) is 0 Å². The van der Waals surface area contributed by atoms with Crippen molar-refractivity contribution >= 4 is 28.6 Å². The molecule has 8 heteroatoms. The molecule has 2 heterocycles. The van der Waals surface area contributed by atoms with E-state index in [-0.39, 0.29) is 30.5 Å². The van der Waals surface area contributed by atoms with Crippen LogP contribution in [0.5, 0.6) is 11.5 Å². The summed E-state index contributed by atoms with van der Waals surface area (Å²) in [7, 11) is 0. The molecule has 0 atom stereocenters. The third-order valence-corrected chi connectivity index (χ3v) is 5.76. The van der Waals surface area contributed by atoms with Gasteiger partial charge in [0.05, 0.1) is 12.2 Å². The average molecular weight is 465 g/mol. The standard InChI is InChI=1S/C26H28N2O6/c1-2-32-24-14-18(10-11-23(24)33-17-25(30)28-12-6-3-7-13-28)26(31)34-16-22(29)20-15-27-21-9-5-4-8-19(20)21/h4-5,8-11,14-15,27H,2-3,6-7,12-13,16-17H2,1H3. The quantitative estimate of drug-likeness (QED) is 0.380. The number of ketones is 1. The molecule has 4 rings (SSSR count). The zero-order valence-corrected chi connectivity index (χ0v) is 19.2. The van der Waals surface area contributed by atoms with Gasteiger partial charge in [-0.05, 0) is 50.5 Å². The number of nitrogens with zero attached hydrogens (tertiary/aromatic N) is 1. The van der Waals surface area contributed by atoms with Crippen LogP contribution in [0.15, 0.2) is 48.7 Å². The number of esters is 1. The molecule has 1 aliphatic rings. The predicted octanol–water partition coefficient (Wildman–Crippen LogP) is 4.00. The molecule has 1 N–H and O–H groups in total. The highest BCUT2D eigenvalue weighted by Gasteiger charge is 2.20. The van der Waals surface area contributed by atoms with Crippen molar-refractivity contribution in [1.29, 1.82) is 0 Å². The minimum atomic E-state index is -0.648. The molecule has 0 spiro atoms. The van der Waals surface area contributed by atoms with Crippen LogP contribution >= 0.6 is 0 Å². The zero-order chi connectivity index (χ0) is 23.9. The van der Waals surface area contributed by atoms with Crippen molar-refractivity contribution in [3.8, 4) is 11.5 Å². The van der Waals surface area contributed by atoms with Gasteiger partial charge >= 0.3 is 5.97 Å².